The lowest BCUT2D eigenvalue weighted by Gasteiger charge is -2.15. The molecule has 0 fully saturated rings. The zero-order valence-corrected chi connectivity index (χ0v) is 10.7. The van der Waals surface area contributed by atoms with Crippen molar-refractivity contribution in [3.63, 3.8) is 0 Å². The van der Waals surface area contributed by atoms with Crippen LogP contribution in [0.15, 0.2) is 54.6 Å². The van der Waals surface area contributed by atoms with Gasteiger partial charge in [-0.05, 0) is 13.0 Å². The van der Waals surface area contributed by atoms with Crippen LogP contribution in [0.4, 0.5) is 0 Å². The van der Waals surface area contributed by atoms with Crippen molar-refractivity contribution in [2.75, 3.05) is 0 Å². The van der Waals surface area contributed by atoms with Gasteiger partial charge in [-0.25, -0.2) is 0 Å². The van der Waals surface area contributed by atoms with E-state index in [-0.39, 0.29) is 12.4 Å². The maximum Gasteiger partial charge on any atom is 0.202 e. The molecule has 1 atom stereocenters. The van der Waals surface area contributed by atoms with E-state index in [1.807, 2.05) is 30.3 Å². The second-order valence-corrected chi connectivity index (χ2v) is 4.26. The number of aliphatic hydroxyl groups is 1. The highest BCUT2D eigenvalue weighted by atomic mass is 16.5. The third kappa shape index (κ3) is 3.20. The van der Waals surface area contributed by atoms with Crippen LogP contribution in [0.25, 0.3) is 0 Å². The summed E-state index contributed by atoms with van der Waals surface area (Å²) in [7, 11) is 0. The SMILES string of the molecule is CC(Oc1ccccc1CO)C(=O)c1ccccc1. The maximum absolute atomic E-state index is 12.2. The fraction of sp³-hybridized carbons (Fsp3) is 0.188. The van der Waals surface area contributed by atoms with Gasteiger partial charge in [0.15, 0.2) is 6.10 Å². The summed E-state index contributed by atoms with van der Waals surface area (Å²) in [6.45, 7) is 1.60. The Labute approximate surface area is 112 Å². The van der Waals surface area contributed by atoms with Crippen molar-refractivity contribution in [2.45, 2.75) is 19.6 Å². The molecule has 1 unspecified atom stereocenters. The molecule has 0 aliphatic carbocycles. The molecule has 0 spiro atoms. The molecule has 98 valence electrons. The quantitative estimate of drug-likeness (QED) is 0.837. The Morgan fingerprint density at radius 1 is 1.11 bits per heavy atom. The minimum Gasteiger partial charge on any atom is -0.482 e. The van der Waals surface area contributed by atoms with Crippen LogP contribution in [-0.2, 0) is 6.61 Å². The number of carbonyl (C=O) groups is 1. The lowest BCUT2D eigenvalue weighted by Crippen LogP contribution is -2.24. The second-order valence-electron chi connectivity index (χ2n) is 4.26. The van der Waals surface area contributed by atoms with Gasteiger partial charge < -0.3 is 9.84 Å². The van der Waals surface area contributed by atoms with E-state index in [9.17, 15) is 9.90 Å². The Balaban J connectivity index is 2.13. The summed E-state index contributed by atoms with van der Waals surface area (Å²) in [4.78, 5) is 12.2. The van der Waals surface area contributed by atoms with Crippen molar-refractivity contribution in [3.05, 3.63) is 65.7 Å². The molecular formula is C16H16O3. The van der Waals surface area contributed by atoms with Gasteiger partial charge in [0.05, 0.1) is 6.61 Å². The van der Waals surface area contributed by atoms with E-state index in [1.165, 1.54) is 0 Å². The van der Waals surface area contributed by atoms with Gasteiger partial charge in [0.25, 0.3) is 0 Å². The highest BCUT2D eigenvalue weighted by Crippen LogP contribution is 2.20. The summed E-state index contributed by atoms with van der Waals surface area (Å²) in [5, 5.41) is 9.22. The third-order valence-electron chi connectivity index (χ3n) is 2.87. The molecule has 0 aliphatic rings. The number of aliphatic hydroxyl groups excluding tert-OH is 1. The van der Waals surface area contributed by atoms with E-state index in [0.717, 1.165) is 0 Å². The van der Waals surface area contributed by atoms with E-state index in [4.69, 9.17) is 4.74 Å². The largest absolute Gasteiger partial charge is 0.482 e. The summed E-state index contributed by atoms with van der Waals surface area (Å²) in [5.74, 6) is 0.468. The van der Waals surface area contributed by atoms with Crippen LogP contribution in [-0.4, -0.2) is 17.0 Å². The monoisotopic (exact) mass is 256 g/mol. The molecule has 0 heterocycles. The Kier molecular flexibility index (Phi) is 4.31. The van der Waals surface area contributed by atoms with Crippen LogP contribution in [0, 0.1) is 0 Å². The zero-order valence-electron chi connectivity index (χ0n) is 10.7. The molecule has 0 amide bonds. The first kappa shape index (κ1) is 13.3. The molecule has 0 aliphatic heterocycles. The average Bonchev–Trinajstić information content (AvgIpc) is 2.48. The van der Waals surface area contributed by atoms with Gasteiger partial charge in [-0.15, -0.1) is 0 Å². The second kappa shape index (κ2) is 6.16. The smallest absolute Gasteiger partial charge is 0.202 e. The average molecular weight is 256 g/mol. The molecule has 2 aromatic carbocycles. The first-order chi connectivity index (χ1) is 9.22. The van der Waals surface area contributed by atoms with E-state index in [0.29, 0.717) is 16.9 Å². The number of carbonyl (C=O) groups excluding carboxylic acids is 1. The normalized spacial score (nSPS) is 11.9. The minimum absolute atomic E-state index is 0.0756. The molecule has 3 nitrogen and oxygen atoms in total. The van der Waals surface area contributed by atoms with Crippen LogP contribution in [0.3, 0.4) is 0 Å². The number of ketones is 1. The summed E-state index contributed by atoms with van der Waals surface area (Å²) in [6.07, 6.45) is -0.588. The van der Waals surface area contributed by atoms with Crippen LogP contribution in [0.2, 0.25) is 0 Å². The van der Waals surface area contributed by atoms with Gasteiger partial charge in [0.1, 0.15) is 5.75 Å². The van der Waals surface area contributed by atoms with E-state index in [1.54, 1.807) is 31.2 Å². The van der Waals surface area contributed by atoms with Gasteiger partial charge in [-0.3, -0.25) is 4.79 Å². The Bertz CT molecular complexity index is 549. The topological polar surface area (TPSA) is 46.5 Å². The Morgan fingerprint density at radius 2 is 1.74 bits per heavy atom. The number of Topliss-reactive ketones (excluding diaryl/α,β-unsaturated/α-hetero) is 1. The molecule has 1 N–H and O–H groups in total. The third-order valence-corrected chi connectivity index (χ3v) is 2.87. The molecule has 19 heavy (non-hydrogen) atoms. The number of hydrogen-bond donors (Lipinski definition) is 1. The van der Waals surface area contributed by atoms with E-state index < -0.39 is 6.10 Å². The summed E-state index contributed by atoms with van der Waals surface area (Å²) < 4.78 is 5.64. The lowest BCUT2D eigenvalue weighted by atomic mass is 10.1. The van der Waals surface area contributed by atoms with Crippen molar-refractivity contribution >= 4 is 5.78 Å². The fourth-order valence-corrected chi connectivity index (χ4v) is 1.83. The van der Waals surface area contributed by atoms with Crippen molar-refractivity contribution in [3.8, 4) is 5.75 Å². The minimum atomic E-state index is -0.588. The first-order valence-corrected chi connectivity index (χ1v) is 6.17. The standard InChI is InChI=1S/C16H16O3/c1-12(16(18)13-7-3-2-4-8-13)19-15-10-6-5-9-14(15)11-17/h2-10,12,17H,11H2,1H3. The predicted molar refractivity (Wildman–Crippen MR) is 73.2 cm³/mol. The number of hydrogen-bond acceptors (Lipinski definition) is 3. The van der Waals surface area contributed by atoms with Gasteiger partial charge in [-0.1, -0.05) is 48.5 Å². The lowest BCUT2D eigenvalue weighted by molar-refractivity contribution is 0.0814. The van der Waals surface area contributed by atoms with Gasteiger partial charge in [0.2, 0.25) is 5.78 Å². The molecule has 2 aromatic rings. The molecule has 0 saturated carbocycles. The Hall–Kier alpha value is -2.13. The summed E-state index contributed by atoms with van der Waals surface area (Å²) in [5.41, 5.74) is 1.30. The first-order valence-electron chi connectivity index (χ1n) is 6.17. The Morgan fingerprint density at radius 3 is 2.42 bits per heavy atom. The fourth-order valence-electron chi connectivity index (χ4n) is 1.83. The number of para-hydroxylation sites is 1. The van der Waals surface area contributed by atoms with Crippen LogP contribution >= 0.6 is 0 Å². The van der Waals surface area contributed by atoms with Crippen LogP contribution in [0.1, 0.15) is 22.8 Å². The number of benzene rings is 2. The van der Waals surface area contributed by atoms with Crippen LogP contribution in [0.5, 0.6) is 5.75 Å². The molecule has 0 saturated heterocycles. The predicted octanol–water partition coefficient (Wildman–Crippen LogP) is 2.83. The summed E-state index contributed by atoms with van der Waals surface area (Å²) in [6, 6.07) is 16.2. The van der Waals surface area contributed by atoms with Gasteiger partial charge in [-0.2, -0.15) is 0 Å². The van der Waals surface area contributed by atoms with Crippen molar-refractivity contribution < 1.29 is 14.6 Å². The molecule has 2 rings (SSSR count). The molecular weight excluding hydrogens is 240 g/mol. The van der Waals surface area contributed by atoms with E-state index >= 15 is 0 Å². The van der Waals surface area contributed by atoms with Gasteiger partial charge >= 0.3 is 0 Å². The van der Waals surface area contributed by atoms with E-state index in [2.05, 4.69) is 0 Å². The molecule has 0 radical (unpaired) electrons. The molecule has 0 bridgehead atoms. The number of ether oxygens (including phenoxy) is 1. The van der Waals surface area contributed by atoms with Gasteiger partial charge in [0, 0.05) is 11.1 Å². The number of rotatable bonds is 5. The summed E-state index contributed by atoms with van der Waals surface area (Å²) >= 11 is 0. The zero-order chi connectivity index (χ0) is 13.7. The van der Waals surface area contributed by atoms with Crippen molar-refractivity contribution in [1.29, 1.82) is 0 Å². The molecule has 3 heteroatoms. The van der Waals surface area contributed by atoms with Crippen molar-refractivity contribution in [1.82, 2.24) is 0 Å². The highest BCUT2D eigenvalue weighted by Gasteiger charge is 2.17. The maximum atomic E-state index is 12.2. The molecule has 0 aromatic heterocycles. The highest BCUT2D eigenvalue weighted by molar-refractivity contribution is 5.99. The van der Waals surface area contributed by atoms with Crippen molar-refractivity contribution in [2.24, 2.45) is 0 Å². The van der Waals surface area contributed by atoms with Crippen LogP contribution < -0.4 is 4.74 Å².